The molecule has 1 aliphatic rings. The molecular weight excluding hydrogens is 358 g/mol. The van der Waals surface area contributed by atoms with Gasteiger partial charge in [-0.2, -0.15) is 0 Å². The van der Waals surface area contributed by atoms with Crippen LogP contribution in [-0.4, -0.2) is 42.4 Å². The number of nitrogens with one attached hydrogen (secondary N) is 1. The molecule has 3 rings (SSSR count). The average molecular weight is 379 g/mol. The van der Waals surface area contributed by atoms with Crippen LogP contribution in [0, 0.1) is 0 Å². The lowest BCUT2D eigenvalue weighted by Gasteiger charge is -2.20. The number of methoxy groups -OCH3 is 2. The van der Waals surface area contributed by atoms with E-state index in [2.05, 4.69) is 4.72 Å². The quantitative estimate of drug-likeness (QED) is 0.794. The summed E-state index contributed by atoms with van der Waals surface area (Å²) in [4.78, 5) is 0.108. The van der Waals surface area contributed by atoms with Gasteiger partial charge in [0, 0.05) is 25.3 Å². The Balaban J connectivity index is 1.76. The summed E-state index contributed by atoms with van der Waals surface area (Å²) in [5.41, 5.74) is 0.766. The molecule has 8 heteroatoms. The fourth-order valence-electron chi connectivity index (χ4n) is 2.71. The van der Waals surface area contributed by atoms with Crippen LogP contribution in [0.3, 0.4) is 0 Å². The fraction of sp³-hybridized carbons (Fsp3) is 0.333. The summed E-state index contributed by atoms with van der Waals surface area (Å²) in [5.74, 6) is 1.60. The second kappa shape index (κ2) is 7.94. The highest BCUT2D eigenvalue weighted by Crippen LogP contribution is 2.32. The molecular formula is C18H21NO6S. The van der Waals surface area contributed by atoms with Gasteiger partial charge in [-0.25, -0.2) is 13.1 Å². The highest BCUT2D eigenvalue weighted by Gasteiger charge is 2.22. The highest BCUT2D eigenvalue weighted by molar-refractivity contribution is 7.89. The van der Waals surface area contributed by atoms with Crippen LogP contribution < -0.4 is 18.9 Å². The molecule has 0 aliphatic carbocycles. The molecule has 1 N–H and O–H groups in total. The minimum Gasteiger partial charge on any atom is -0.496 e. The van der Waals surface area contributed by atoms with E-state index in [1.165, 1.54) is 19.2 Å². The summed E-state index contributed by atoms with van der Waals surface area (Å²) >= 11 is 0. The van der Waals surface area contributed by atoms with Crippen molar-refractivity contribution in [2.75, 3.05) is 34.0 Å². The van der Waals surface area contributed by atoms with Gasteiger partial charge in [-0.1, -0.05) is 18.2 Å². The van der Waals surface area contributed by atoms with E-state index in [1.807, 2.05) is 18.2 Å². The van der Waals surface area contributed by atoms with Crippen molar-refractivity contribution in [1.29, 1.82) is 0 Å². The molecule has 0 spiro atoms. The first-order valence-corrected chi connectivity index (χ1v) is 9.58. The van der Waals surface area contributed by atoms with Gasteiger partial charge in [0.1, 0.15) is 19.0 Å². The molecule has 0 aromatic heterocycles. The lowest BCUT2D eigenvalue weighted by molar-refractivity contribution is 0.105. The predicted molar refractivity (Wildman–Crippen MR) is 95.4 cm³/mol. The van der Waals surface area contributed by atoms with Crippen LogP contribution in [0.2, 0.25) is 0 Å². The highest BCUT2D eigenvalue weighted by atomic mass is 32.2. The summed E-state index contributed by atoms with van der Waals surface area (Å²) in [5, 5.41) is 0. The van der Waals surface area contributed by atoms with Crippen molar-refractivity contribution in [3.05, 3.63) is 48.0 Å². The Bertz CT molecular complexity index is 868. The Kier molecular flexibility index (Phi) is 5.65. The molecule has 1 heterocycles. The normalized spacial score (nSPS) is 14.7. The Morgan fingerprint density at radius 1 is 1.08 bits per heavy atom. The van der Waals surface area contributed by atoms with E-state index in [-0.39, 0.29) is 11.4 Å². The number of rotatable bonds is 7. The molecule has 2 aromatic rings. The van der Waals surface area contributed by atoms with Gasteiger partial charge < -0.3 is 18.9 Å². The molecule has 1 aliphatic heterocycles. The van der Waals surface area contributed by atoms with Crippen LogP contribution >= 0.6 is 0 Å². The third-order valence-electron chi connectivity index (χ3n) is 4.05. The van der Waals surface area contributed by atoms with E-state index in [4.69, 9.17) is 18.9 Å². The zero-order valence-electron chi connectivity index (χ0n) is 14.6. The topological polar surface area (TPSA) is 83.1 Å². The van der Waals surface area contributed by atoms with Crippen LogP contribution in [-0.2, 0) is 14.8 Å². The van der Waals surface area contributed by atoms with Crippen LogP contribution in [0.25, 0.3) is 0 Å². The van der Waals surface area contributed by atoms with Crippen molar-refractivity contribution in [1.82, 2.24) is 4.72 Å². The minimum atomic E-state index is -3.73. The lowest BCUT2D eigenvalue weighted by Crippen LogP contribution is -2.29. The van der Waals surface area contributed by atoms with E-state index in [1.54, 1.807) is 19.2 Å². The van der Waals surface area contributed by atoms with Crippen LogP contribution in [0.15, 0.2) is 47.4 Å². The van der Waals surface area contributed by atoms with E-state index < -0.39 is 16.1 Å². The van der Waals surface area contributed by atoms with Crippen molar-refractivity contribution in [3.63, 3.8) is 0 Å². The standard InChI is InChI=1S/C18H21NO6S/c1-22-15-6-4-3-5-14(15)18(23-2)12-19-26(20,21)13-7-8-16-17(11-13)25-10-9-24-16/h3-8,11,18-19H,9-10,12H2,1-2H3/t18-/m0/s1. The van der Waals surface area contributed by atoms with Crippen LogP contribution in [0.4, 0.5) is 0 Å². The molecule has 0 amide bonds. The second-order valence-corrected chi connectivity index (χ2v) is 7.39. The number of benzene rings is 2. The van der Waals surface area contributed by atoms with Crippen molar-refractivity contribution in [3.8, 4) is 17.2 Å². The molecule has 140 valence electrons. The number of sulfonamides is 1. The SMILES string of the molecule is COc1ccccc1[C@H](CNS(=O)(=O)c1ccc2c(c1)OCCO2)OC. The molecule has 0 radical (unpaired) electrons. The Hall–Kier alpha value is -2.29. The maximum absolute atomic E-state index is 12.6. The van der Waals surface area contributed by atoms with Gasteiger partial charge in [-0.3, -0.25) is 0 Å². The molecule has 26 heavy (non-hydrogen) atoms. The van der Waals surface area contributed by atoms with E-state index in [9.17, 15) is 8.42 Å². The van der Waals surface area contributed by atoms with E-state index >= 15 is 0 Å². The summed E-state index contributed by atoms with van der Waals surface area (Å²) in [7, 11) is -0.649. The Morgan fingerprint density at radius 2 is 1.81 bits per heavy atom. The van der Waals surface area contributed by atoms with Gasteiger partial charge in [0.05, 0.1) is 18.1 Å². The number of ether oxygens (including phenoxy) is 4. The maximum Gasteiger partial charge on any atom is 0.240 e. The summed E-state index contributed by atoms with van der Waals surface area (Å²) in [6.45, 7) is 0.906. The third kappa shape index (κ3) is 3.92. The zero-order valence-corrected chi connectivity index (χ0v) is 15.4. The predicted octanol–water partition coefficient (Wildman–Crippen LogP) is 2.13. The lowest BCUT2D eigenvalue weighted by atomic mass is 10.1. The van der Waals surface area contributed by atoms with E-state index in [0.29, 0.717) is 30.5 Å². The number of hydrogen-bond acceptors (Lipinski definition) is 6. The zero-order chi connectivity index (χ0) is 18.6. The maximum atomic E-state index is 12.6. The smallest absolute Gasteiger partial charge is 0.240 e. The average Bonchev–Trinajstić information content (AvgIpc) is 2.68. The molecule has 0 saturated carbocycles. The first-order valence-electron chi connectivity index (χ1n) is 8.10. The largest absolute Gasteiger partial charge is 0.496 e. The van der Waals surface area contributed by atoms with Crippen molar-refractivity contribution in [2.45, 2.75) is 11.0 Å². The second-order valence-electron chi connectivity index (χ2n) is 5.62. The first kappa shape index (κ1) is 18.5. The Morgan fingerprint density at radius 3 is 2.54 bits per heavy atom. The molecule has 0 bridgehead atoms. The first-order chi connectivity index (χ1) is 12.5. The van der Waals surface area contributed by atoms with Crippen molar-refractivity contribution < 1.29 is 27.4 Å². The van der Waals surface area contributed by atoms with Crippen molar-refractivity contribution >= 4 is 10.0 Å². The monoisotopic (exact) mass is 379 g/mol. The van der Waals surface area contributed by atoms with Gasteiger partial charge in [0.15, 0.2) is 11.5 Å². The minimum absolute atomic E-state index is 0.0631. The molecule has 1 atom stereocenters. The Labute approximate surface area is 152 Å². The molecule has 0 saturated heterocycles. The molecule has 7 nitrogen and oxygen atoms in total. The molecule has 0 unspecified atom stereocenters. The van der Waals surface area contributed by atoms with Gasteiger partial charge in [-0.15, -0.1) is 0 Å². The van der Waals surface area contributed by atoms with Gasteiger partial charge in [0.2, 0.25) is 10.0 Å². The summed E-state index contributed by atoms with van der Waals surface area (Å²) in [6, 6.07) is 11.9. The summed E-state index contributed by atoms with van der Waals surface area (Å²) in [6.07, 6.45) is -0.488. The number of para-hydroxylation sites is 1. The molecule has 2 aromatic carbocycles. The number of fused-ring (bicyclic) bond motifs is 1. The number of hydrogen-bond donors (Lipinski definition) is 1. The third-order valence-corrected chi connectivity index (χ3v) is 5.47. The fourth-order valence-corrected chi connectivity index (χ4v) is 3.76. The van der Waals surface area contributed by atoms with Gasteiger partial charge >= 0.3 is 0 Å². The van der Waals surface area contributed by atoms with Gasteiger partial charge in [0.25, 0.3) is 0 Å². The van der Waals surface area contributed by atoms with Crippen molar-refractivity contribution in [2.24, 2.45) is 0 Å². The van der Waals surface area contributed by atoms with Gasteiger partial charge in [-0.05, 0) is 18.2 Å². The molecule has 0 fully saturated rings. The van der Waals surface area contributed by atoms with Crippen LogP contribution in [0.1, 0.15) is 11.7 Å². The van der Waals surface area contributed by atoms with E-state index in [0.717, 1.165) is 5.56 Å². The van der Waals surface area contributed by atoms with Crippen LogP contribution in [0.5, 0.6) is 17.2 Å². The summed E-state index contributed by atoms with van der Waals surface area (Å²) < 4.78 is 49.5.